The molecular weight excluding hydrogens is 275 g/mol. The fourth-order valence-electron chi connectivity index (χ4n) is 0.999. The standard InChI is InChI=1S/C9H5BrF3NO/c10-7-2-1-5(4-14)3-6(7)8(15)9(11,12)13/h1-3,8,15H/t8-/m1/s1. The molecule has 0 radical (unpaired) electrons. The van der Waals surface area contributed by atoms with Crippen molar-refractivity contribution in [3.05, 3.63) is 33.8 Å². The van der Waals surface area contributed by atoms with Crippen molar-refractivity contribution in [2.45, 2.75) is 12.3 Å². The molecule has 0 aliphatic heterocycles. The zero-order valence-electron chi connectivity index (χ0n) is 7.22. The van der Waals surface area contributed by atoms with E-state index in [2.05, 4.69) is 15.9 Å². The van der Waals surface area contributed by atoms with Crippen LogP contribution in [0.4, 0.5) is 13.2 Å². The summed E-state index contributed by atoms with van der Waals surface area (Å²) in [6.07, 6.45) is -7.32. The molecule has 6 heteroatoms. The lowest BCUT2D eigenvalue weighted by molar-refractivity contribution is -0.207. The minimum Gasteiger partial charge on any atom is -0.379 e. The lowest BCUT2D eigenvalue weighted by Crippen LogP contribution is -2.20. The molecule has 0 aliphatic rings. The minimum absolute atomic E-state index is 0.0662. The second-order valence-corrected chi connectivity index (χ2v) is 3.65. The van der Waals surface area contributed by atoms with E-state index < -0.39 is 12.3 Å². The Labute approximate surface area is 92.1 Å². The van der Waals surface area contributed by atoms with Crippen LogP contribution in [0.2, 0.25) is 0 Å². The Bertz CT molecular complexity index is 411. The van der Waals surface area contributed by atoms with Gasteiger partial charge in [-0.25, -0.2) is 0 Å². The Hall–Kier alpha value is -1.06. The molecule has 80 valence electrons. The van der Waals surface area contributed by atoms with Crippen LogP contribution < -0.4 is 0 Å². The van der Waals surface area contributed by atoms with Crippen LogP contribution in [0.1, 0.15) is 17.2 Å². The van der Waals surface area contributed by atoms with Crippen LogP contribution in [0.5, 0.6) is 0 Å². The molecule has 1 N–H and O–H groups in total. The van der Waals surface area contributed by atoms with Crippen molar-refractivity contribution in [3.63, 3.8) is 0 Å². The van der Waals surface area contributed by atoms with Crippen molar-refractivity contribution in [1.82, 2.24) is 0 Å². The first-order valence-electron chi connectivity index (χ1n) is 3.80. The fraction of sp³-hybridized carbons (Fsp3) is 0.222. The summed E-state index contributed by atoms with van der Waals surface area (Å²) in [6.45, 7) is 0. The van der Waals surface area contributed by atoms with Gasteiger partial charge in [-0.3, -0.25) is 0 Å². The van der Waals surface area contributed by atoms with Crippen LogP contribution in [0, 0.1) is 11.3 Å². The predicted molar refractivity (Wildman–Crippen MR) is 49.9 cm³/mol. The number of aliphatic hydroxyl groups is 1. The van der Waals surface area contributed by atoms with Crippen molar-refractivity contribution < 1.29 is 18.3 Å². The fourth-order valence-corrected chi connectivity index (χ4v) is 1.46. The summed E-state index contributed by atoms with van der Waals surface area (Å²) in [4.78, 5) is 0. The van der Waals surface area contributed by atoms with Gasteiger partial charge >= 0.3 is 6.18 Å². The Kier molecular flexibility index (Phi) is 3.37. The molecule has 0 heterocycles. The molecule has 1 atom stereocenters. The lowest BCUT2D eigenvalue weighted by Gasteiger charge is -2.16. The molecule has 0 bridgehead atoms. The lowest BCUT2D eigenvalue weighted by atomic mass is 10.1. The number of benzene rings is 1. The molecule has 0 saturated carbocycles. The highest BCUT2D eigenvalue weighted by Gasteiger charge is 2.40. The van der Waals surface area contributed by atoms with Gasteiger partial charge in [0, 0.05) is 10.0 Å². The van der Waals surface area contributed by atoms with Crippen LogP contribution in [-0.2, 0) is 0 Å². The Balaban J connectivity index is 3.20. The number of aliphatic hydroxyl groups excluding tert-OH is 1. The van der Waals surface area contributed by atoms with Crippen molar-refractivity contribution >= 4 is 15.9 Å². The number of hydrogen-bond acceptors (Lipinski definition) is 2. The monoisotopic (exact) mass is 279 g/mol. The van der Waals surface area contributed by atoms with Gasteiger partial charge in [0.2, 0.25) is 0 Å². The van der Waals surface area contributed by atoms with Gasteiger partial charge in [0.05, 0.1) is 11.6 Å². The van der Waals surface area contributed by atoms with E-state index in [1.54, 1.807) is 6.07 Å². The summed E-state index contributed by atoms with van der Waals surface area (Å²) < 4.78 is 36.7. The van der Waals surface area contributed by atoms with Crippen molar-refractivity contribution in [3.8, 4) is 6.07 Å². The molecular formula is C9H5BrF3NO. The molecule has 0 saturated heterocycles. The predicted octanol–water partition coefficient (Wildman–Crippen LogP) is 2.92. The molecule has 1 aromatic carbocycles. The number of nitriles is 1. The van der Waals surface area contributed by atoms with Gasteiger partial charge in [0.25, 0.3) is 0 Å². The summed E-state index contributed by atoms with van der Waals surface area (Å²) in [5, 5.41) is 17.5. The summed E-state index contributed by atoms with van der Waals surface area (Å²) in [7, 11) is 0. The van der Waals surface area contributed by atoms with E-state index in [9.17, 15) is 13.2 Å². The summed E-state index contributed by atoms with van der Waals surface area (Å²) in [5.41, 5.74) is -0.293. The SMILES string of the molecule is N#Cc1ccc(Br)c([C@@H](O)C(F)(F)F)c1. The quantitative estimate of drug-likeness (QED) is 0.859. The molecule has 15 heavy (non-hydrogen) atoms. The maximum absolute atomic E-state index is 12.2. The third-order valence-electron chi connectivity index (χ3n) is 1.73. The van der Waals surface area contributed by atoms with Crippen LogP contribution in [-0.4, -0.2) is 11.3 Å². The van der Waals surface area contributed by atoms with E-state index in [0.29, 0.717) is 0 Å². The second-order valence-electron chi connectivity index (χ2n) is 2.79. The van der Waals surface area contributed by atoms with E-state index in [-0.39, 0.29) is 15.6 Å². The van der Waals surface area contributed by atoms with Gasteiger partial charge in [-0.05, 0) is 18.2 Å². The molecule has 2 nitrogen and oxygen atoms in total. The normalized spacial score (nSPS) is 13.3. The summed E-state index contributed by atoms with van der Waals surface area (Å²) >= 11 is 2.88. The number of alkyl halides is 3. The maximum atomic E-state index is 12.2. The number of rotatable bonds is 1. The van der Waals surface area contributed by atoms with Gasteiger partial charge in [-0.15, -0.1) is 0 Å². The number of nitrogens with zero attached hydrogens (tertiary/aromatic N) is 1. The van der Waals surface area contributed by atoms with E-state index in [4.69, 9.17) is 10.4 Å². The molecule has 0 unspecified atom stereocenters. The largest absolute Gasteiger partial charge is 0.418 e. The average molecular weight is 280 g/mol. The maximum Gasteiger partial charge on any atom is 0.418 e. The smallest absolute Gasteiger partial charge is 0.379 e. The third-order valence-corrected chi connectivity index (χ3v) is 2.45. The first kappa shape index (κ1) is 12.0. The highest BCUT2D eigenvalue weighted by molar-refractivity contribution is 9.10. The minimum atomic E-state index is -4.74. The molecule has 0 aromatic heterocycles. The van der Waals surface area contributed by atoms with E-state index in [0.717, 1.165) is 6.07 Å². The van der Waals surface area contributed by atoms with Crippen LogP contribution in [0.25, 0.3) is 0 Å². The summed E-state index contributed by atoms with van der Waals surface area (Å²) in [5.74, 6) is 0. The van der Waals surface area contributed by atoms with E-state index in [1.807, 2.05) is 0 Å². The first-order valence-corrected chi connectivity index (χ1v) is 4.60. The number of hydrogen-bond donors (Lipinski definition) is 1. The zero-order chi connectivity index (χ0) is 11.6. The van der Waals surface area contributed by atoms with E-state index >= 15 is 0 Å². The molecule has 0 fully saturated rings. The molecule has 0 aliphatic carbocycles. The van der Waals surface area contributed by atoms with Gasteiger partial charge in [0.1, 0.15) is 0 Å². The van der Waals surface area contributed by atoms with Crippen LogP contribution in [0.3, 0.4) is 0 Å². The molecule has 1 aromatic rings. The van der Waals surface area contributed by atoms with Crippen molar-refractivity contribution in [1.29, 1.82) is 5.26 Å². The van der Waals surface area contributed by atoms with Gasteiger partial charge in [-0.2, -0.15) is 18.4 Å². The van der Waals surface area contributed by atoms with Crippen molar-refractivity contribution in [2.75, 3.05) is 0 Å². The topological polar surface area (TPSA) is 44.0 Å². The zero-order valence-corrected chi connectivity index (χ0v) is 8.80. The molecule has 0 amide bonds. The second kappa shape index (κ2) is 4.21. The van der Waals surface area contributed by atoms with Crippen LogP contribution in [0.15, 0.2) is 22.7 Å². The highest BCUT2D eigenvalue weighted by Crippen LogP contribution is 2.36. The van der Waals surface area contributed by atoms with Gasteiger partial charge in [0.15, 0.2) is 6.10 Å². The first-order chi connectivity index (χ1) is 6.86. The van der Waals surface area contributed by atoms with Gasteiger partial charge < -0.3 is 5.11 Å². The molecule has 0 spiro atoms. The Morgan fingerprint density at radius 1 is 1.40 bits per heavy atom. The average Bonchev–Trinajstić information content (AvgIpc) is 2.16. The molecule has 1 rings (SSSR count). The number of halogens is 4. The Morgan fingerprint density at radius 3 is 2.47 bits per heavy atom. The van der Waals surface area contributed by atoms with Crippen LogP contribution >= 0.6 is 15.9 Å². The van der Waals surface area contributed by atoms with Crippen molar-refractivity contribution in [2.24, 2.45) is 0 Å². The summed E-state index contributed by atoms with van der Waals surface area (Å²) in [6, 6.07) is 5.36. The van der Waals surface area contributed by atoms with E-state index in [1.165, 1.54) is 12.1 Å². The van der Waals surface area contributed by atoms with Gasteiger partial charge in [-0.1, -0.05) is 15.9 Å². The Morgan fingerprint density at radius 2 is 2.00 bits per heavy atom. The highest BCUT2D eigenvalue weighted by atomic mass is 79.9. The third kappa shape index (κ3) is 2.70.